The first-order valence-corrected chi connectivity index (χ1v) is 6.61. The highest BCUT2D eigenvalue weighted by Gasteiger charge is 2.32. The fraction of sp³-hybridized carbons (Fsp3) is 0.923. The second kappa shape index (κ2) is 5.83. The molecule has 4 heteroatoms. The fourth-order valence-corrected chi connectivity index (χ4v) is 2.23. The van der Waals surface area contributed by atoms with Crippen molar-refractivity contribution >= 4 is 5.91 Å². The number of nitrogens with one attached hydrogen (secondary N) is 2. The van der Waals surface area contributed by atoms with E-state index in [1.807, 2.05) is 27.8 Å². The van der Waals surface area contributed by atoms with Gasteiger partial charge in [-0.15, -0.1) is 0 Å². The number of rotatable bonds is 4. The summed E-state index contributed by atoms with van der Waals surface area (Å²) < 4.78 is 0. The van der Waals surface area contributed by atoms with E-state index in [2.05, 4.69) is 22.5 Å². The van der Waals surface area contributed by atoms with Crippen LogP contribution in [0, 0.1) is 0 Å². The normalized spacial score (nSPS) is 22.5. The molecule has 0 bridgehead atoms. The van der Waals surface area contributed by atoms with E-state index >= 15 is 0 Å². The first-order chi connectivity index (χ1) is 7.88. The number of piperidine rings is 1. The molecule has 1 aliphatic rings. The Kier molecular flexibility index (Phi) is 4.95. The lowest BCUT2D eigenvalue weighted by Gasteiger charge is -2.41. The van der Waals surface area contributed by atoms with Gasteiger partial charge >= 0.3 is 0 Å². The SMILES string of the molecule is CNC1(C)CCN(C(C)C(=O)NC(C)C)CC1. The Balaban J connectivity index is 2.45. The Morgan fingerprint density at radius 1 is 1.24 bits per heavy atom. The summed E-state index contributed by atoms with van der Waals surface area (Å²) in [6, 6.07) is 0.205. The van der Waals surface area contributed by atoms with Gasteiger partial charge in [-0.1, -0.05) is 0 Å². The number of likely N-dealkylation sites (tertiary alicyclic amines) is 1. The molecule has 1 aliphatic heterocycles. The van der Waals surface area contributed by atoms with E-state index < -0.39 is 0 Å². The van der Waals surface area contributed by atoms with Gasteiger partial charge < -0.3 is 10.6 Å². The third-order valence-electron chi connectivity index (χ3n) is 3.86. The summed E-state index contributed by atoms with van der Waals surface area (Å²) in [7, 11) is 2.02. The maximum atomic E-state index is 11.9. The quantitative estimate of drug-likeness (QED) is 0.771. The van der Waals surface area contributed by atoms with Crippen molar-refractivity contribution in [2.75, 3.05) is 20.1 Å². The maximum absolute atomic E-state index is 11.9. The van der Waals surface area contributed by atoms with E-state index in [0.717, 1.165) is 25.9 Å². The van der Waals surface area contributed by atoms with E-state index in [1.165, 1.54) is 0 Å². The lowest BCUT2D eigenvalue weighted by molar-refractivity contribution is -0.127. The molecule has 0 saturated carbocycles. The van der Waals surface area contributed by atoms with Gasteiger partial charge in [-0.25, -0.2) is 0 Å². The van der Waals surface area contributed by atoms with Gasteiger partial charge in [0.25, 0.3) is 0 Å². The molecule has 0 aromatic carbocycles. The summed E-state index contributed by atoms with van der Waals surface area (Å²) in [6.07, 6.45) is 2.20. The molecule has 0 radical (unpaired) electrons. The molecule has 1 heterocycles. The van der Waals surface area contributed by atoms with Gasteiger partial charge in [0.05, 0.1) is 6.04 Å². The lowest BCUT2D eigenvalue weighted by Crippen LogP contribution is -2.55. The van der Waals surface area contributed by atoms with Crippen LogP contribution in [0.15, 0.2) is 0 Å². The summed E-state index contributed by atoms with van der Waals surface area (Å²) >= 11 is 0. The summed E-state index contributed by atoms with van der Waals surface area (Å²) in [5, 5.41) is 6.35. The first-order valence-electron chi connectivity index (χ1n) is 6.61. The Labute approximate surface area is 105 Å². The van der Waals surface area contributed by atoms with Crippen LogP contribution in [0.1, 0.15) is 40.5 Å². The number of carbonyl (C=O) groups excluding carboxylic acids is 1. The molecule has 0 aromatic rings. The fourth-order valence-electron chi connectivity index (χ4n) is 2.23. The number of amides is 1. The van der Waals surface area contributed by atoms with Gasteiger partial charge in [-0.3, -0.25) is 9.69 Å². The first kappa shape index (κ1) is 14.5. The summed E-state index contributed by atoms with van der Waals surface area (Å²) in [4.78, 5) is 14.2. The topological polar surface area (TPSA) is 44.4 Å². The van der Waals surface area contributed by atoms with Crippen LogP contribution in [0.2, 0.25) is 0 Å². The highest BCUT2D eigenvalue weighted by molar-refractivity contribution is 5.81. The average molecular weight is 241 g/mol. The highest BCUT2D eigenvalue weighted by atomic mass is 16.2. The average Bonchev–Trinajstić information content (AvgIpc) is 2.28. The zero-order valence-electron chi connectivity index (χ0n) is 11.8. The predicted molar refractivity (Wildman–Crippen MR) is 71.0 cm³/mol. The highest BCUT2D eigenvalue weighted by Crippen LogP contribution is 2.22. The molecule has 1 rings (SSSR count). The molecular formula is C13H27N3O. The maximum Gasteiger partial charge on any atom is 0.237 e. The third kappa shape index (κ3) is 3.96. The zero-order valence-corrected chi connectivity index (χ0v) is 11.8. The molecule has 1 fully saturated rings. The molecular weight excluding hydrogens is 214 g/mol. The van der Waals surface area contributed by atoms with Crippen LogP contribution in [-0.2, 0) is 4.79 Å². The van der Waals surface area contributed by atoms with Gasteiger partial charge in [0, 0.05) is 24.7 Å². The smallest absolute Gasteiger partial charge is 0.237 e. The van der Waals surface area contributed by atoms with Crippen LogP contribution in [0.3, 0.4) is 0 Å². The minimum atomic E-state index is -0.0150. The van der Waals surface area contributed by atoms with Crippen LogP contribution in [-0.4, -0.2) is 48.6 Å². The minimum absolute atomic E-state index is 0.0150. The van der Waals surface area contributed by atoms with Gasteiger partial charge in [-0.05, 0) is 47.6 Å². The van der Waals surface area contributed by atoms with Crippen LogP contribution >= 0.6 is 0 Å². The Bertz CT molecular complexity index is 257. The van der Waals surface area contributed by atoms with E-state index in [4.69, 9.17) is 0 Å². The molecule has 0 aromatic heterocycles. The van der Waals surface area contributed by atoms with Gasteiger partial charge in [-0.2, -0.15) is 0 Å². The molecule has 1 amide bonds. The predicted octanol–water partition coefficient (Wildman–Crippen LogP) is 0.973. The number of hydrogen-bond donors (Lipinski definition) is 2. The Hall–Kier alpha value is -0.610. The van der Waals surface area contributed by atoms with Crippen molar-refractivity contribution in [1.29, 1.82) is 0 Å². The monoisotopic (exact) mass is 241 g/mol. The van der Waals surface area contributed by atoms with Gasteiger partial charge in [0.15, 0.2) is 0 Å². The van der Waals surface area contributed by atoms with Gasteiger partial charge in [0.1, 0.15) is 0 Å². The largest absolute Gasteiger partial charge is 0.353 e. The molecule has 1 unspecified atom stereocenters. The van der Waals surface area contributed by atoms with E-state index in [-0.39, 0.29) is 23.5 Å². The van der Waals surface area contributed by atoms with E-state index in [0.29, 0.717) is 0 Å². The van der Waals surface area contributed by atoms with Crippen molar-refractivity contribution in [3.63, 3.8) is 0 Å². The number of hydrogen-bond acceptors (Lipinski definition) is 3. The van der Waals surface area contributed by atoms with Gasteiger partial charge in [0.2, 0.25) is 5.91 Å². The molecule has 2 N–H and O–H groups in total. The van der Waals surface area contributed by atoms with Crippen LogP contribution in [0.25, 0.3) is 0 Å². The number of carbonyl (C=O) groups is 1. The van der Waals surface area contributed by atoms with Crippen molar-refractivity contribution in [2.45, 2.75) is 58.2 Å². The molecule has 100 valence electrons. The van der Waals surface area contributed by atoms with Crippen LogP contribution in [0.4, 0.5) is 0 Å². The molecule has 0 spiro atoms. The zero-order chi connectivity index (χ0) is 13.1. The number of nitrogens with zero attached hydrogens (tertiary/aromatic N) is 1. The second-order valence-electron chi connectivity index (χ2n) is 5.69. The summed E-state index contributed by atoms with van der Waals surface area (Å²) in [5.41, 5.74) is 0.241. The van der Waals surface area contributed by atoms with Crippen molar-refractivity contribution < 1.29 is 4.79 Å². The molecule has 0 aliphatic carbocycles. The Morgan fingerprint density at radius 2 is 1.76 bits per heavy atom. The lowest BCUT2D eigenvalue weighted by atomic mass is 9.89. The second-order valence-corrected chi connectivity index (χ2v) is 5.69. The Morgan fingerprint density at radius 3 is 2.18 bits per heavy atom. The van der Waals surface area contributed by atoms with Crippen LogP contribution in [0.5, 0.6) is 0 Å². The summed E-state index contributed by atoms with van der Waals surface area (Å²) in [5.74, 6) is 0.146. The van der Waals surface area contributed by atoms with Crippen molar-refractivity contribution in [2.24, 2.45) is 0 Å². The molecule has 17 heavy (non-hydrogen) atoms. The van der Waals surface area contributed by atoms with Crippen molar-refractivity contribution in [3.8, 4) is 0 Å². The van der Waals surface area contributed by atoms with Crippen molar-refractivity contribution in [3.05, 3.63) is 0 Å². The van der Waals surface area contributed by atoms with Crippen LogP contribution < -0.4 is 10.6 Å². The molecule has 1 atom stereocenters. The molecule has 1 saturated heterocycles. The minimum Gasteiger partial charge on any atom is -0.353 e. The van der Waals surface area contributed by atoms with E-state index in [9.17, 15) is 4.79 Å². The van der Waals surface area contributed by atoms with Crippen molar-refractivity contribution in [1.82, 2.24) is 15.5 Å². The standard InChI is InChI=1S/C13H27N3O/c1-10(2)15-12(17)11(3)16-8-6-13(4,14-5)7-9-16/h10-11,14H,6-9H2,1-5H3,(H,15,17). The molecule has 4 nitrogen and oxygen atoms in total. The third-order valence-corrected chi connectivity index (χ3v) is 3.86. The van der Waals surface area contributed by atoms with E-state index in [1.54, 1.807) is 0 Å². The summed E-state index contributed by atoms with van der Waals surface area (Å²) in [6.45, 7) is 10.2.